The molecular weight excluding hydrogens is 748 g/mol. The van der Waals surface area contributed by atoms with Gasteiger partial charge in [-0.3, -0.25) is 0 Å². The highest BCUT2D eigenvalue weighted by atomic mass is 19.4. The molecule has 0 aliphatic rings. The van der Waals surface area contributed by atoms with E-state index in [1.165, 1.54) is 23.3 Å². The molecule has 0 saturated heterocycles. The highest BCUT2D eigenvalue weighted by Crippen LogP contribution is 2.43. The Morgan fingerprint density at radius 1 is 0.433 bits per heavy atom. The number of halogens is 3. The van der Waals surface area contributed by atoms with Crippen molar-refractivity contribution in [2.45, 2.75) is 33.9 Å². The molecule has 0 bridgehead atoms. The summed E-state index contributed by atoms with van der Waals surface area (Å²) in [7, 11) is 0. The summed E-state index contributed by atoms with van der Waals surface area (Å²) in [6.45, 7) is 8.38. The molecule has 0 atom stereocenters. The SMILES string of the molecule is Cc1ccc(-c2ccc3c4ccccc4n(-c4cc(-c5cccc(C(F)(F)F)c5)cc(-n5c6ccccc6c6ccc(-c7ccc(C)cc7C)cc65)c4C#N)c3c2)c(C)c1. The van der Waals surface area contributed by atoms with Crippen LogP contribution < -0.4 is 0 Å². The van der Waals surface area contributed by atoms with Gasteiger partial charge in [0.1, 0.15) is 11.6 Å². The van der Waals surface area contributed by atoms with Crippen LogP contribution in [0.1, 0.15) is 33.4 Å². The van der Waals surface area contributed by atoms with Crippen LogP contribution in [0.2, 0.25) is 0 Å². The molecule has 6 heteroatoms. The van der Waals surface area contributed by atoms with Gasteiger partial charge in [0, 0.05) is 21.5 Å². The summed E-state index contributed by atoms with van der Waals surface area (Å²) in [4.78, 5) is 0. The molecule has 0 unspecified atom stereocenters. The minimum absolute atomic E-state index is 0.393. The van der Waals surface area contributed by atoms with Crippen LogP contribution in [0.5, 0.6) is 0 Å². The quantitative estimate of drug-likeness (QED) is 0.171. The van der Waals surface area contributed by atoms with E-state index in [1.807, 2.05) is 48.5 Å². The number of aromatic nitrogens is 2. The predicted octanol–water partition coefficient (Wildman–Crippen LogP) is 15.0. The average molecular weight is 786 g/mol. The Kier molecular flexibility index (Phi) is 8.55. The maximum absolute atomic E-state index is 14.3. The van der Waals surface area contributed by atoms with Crippen LogP contribution in [0.25, 0.3) is 88.4 Å². The fourth-order valence-corrected chi connectivity index (χ4v) is 9.19. The standard InChI is InChI=1S/C54H38F3N3/c1-32-16-20-41(34(3)24-32)37-18-22-45-43-12-5-7-14-48(43)59(50(45)27-37)52-29-39(36-10-9-11-40(26-36)54(55,56)57)30-53(47(52)31-58)60-49-15-8-6-13-44(49)46-23-19-38(28-51(46)60)42-21-17-33(2)25-35(42)4/h5-30H,1-4H3. The van der Waals surface area contributed by atoms with E-state index in [4.69, 9.17) is 0 Å². The predicted molar refractivity (Wildman–Crippen MR) is 240 cm³/mol. The second-order valence-corrected chi connectivity index (χ2v) is 15.9. The number of benzene rings is 8. The van der Waals surface area contributed by atoms with Crippen molar-refractivity contribution in [2.75, 3.05) is 0 Å². The van der Waals surface area contributed by atoms with Crippen molar-refractivity contribution >= 4 is 43.6 Å². The summed E-state index contributed by atoms with van der Waals surface area (Å²) in [5.41, 5.74) is 14.2. The lowest BCUT2D eigenvalue weighted by Crippen LogP contribution is -2.06. The fourth-order valence-electron chi connectivity index (χ4n) is 9.19. The largest absolute Gasteiger partial charge is 0.416 e. The number of hydrogen-bond donors (Lipinski definition) is 0. The van der Waals surface area contributed by atoms with Gasteiger partial charge in [-0.05, 0) is 121 Å². The Morgan fingerprint density at radius 3 is 1.38 bits per heavy atom. The number of hydrogen-bond acceptors (Lipinski definition) is 1. The monoisotopic (exact) mass is 785 g/mol. The third-order valence-electron chi connectivity index (χ3n) is 11.9. The lowest BCUT2D eigenvalue weighted by Gasteiger charge is -2.19. The van der Waals surface area contributed by atoms with Crippen LogP contribution >= 0.6 is 0 Å². The zero-order valence-corrected chi connectivity index (χ0v) is 33.5. The molecule has 10 aromatic rings. The van der Waals surface area contributed by atoms with E-state index in [1.54, 1.807) is 6.07 Å². The Morgan fingerprint density at radius 2 is 0.917 bits per heavy atom. The Hall–Kier alpha value is -7.36. The molecule has 0 aliphatic heterocycles. The molecule has 0 radical (unpaired) electrons. The molecule has 10 rings (SSSR count). The molecule has 0 spiro atoms. The minimum Gasteiger partial charge on any atom is -0.308 e. The van der Waals surface area contributed by atoms with E-state index in [-0.39, 0.29) is 0 Å². The van der Waals surface area contributed by atoms with Crippen LogP contribution in [-0.4, -0.2) is 9.13 Å². The van der Waals surface area contributed by atoms with Crippen molar-refractivity contribution < 1.29 is 13.2 Å². The topological polar surface area (TPSA) is 33.6 Å². The summed E-state index contributed by atoms with van der Waals surface area (Å²) in [5.74, 6) is 0. The molecule has 60 heavy (non-hydrogen) atoms. The van der Waals surface area contributed by atoms with Gasteiger partial charge in [-0.15, -0.1) is 0 Å². The van der Waals surface area contributed by atoms with Gasteiger partial charge in [0.2, 0.25) is 0 Å². The molecule has 2 heterocycles. The summed E-state index contributed by atoms with van der Waals surface area (Å²) < 4.78 is 47.2. The van der Waals surface area contributed by atoms with Crippen molar-refractivity contribution in [1.29, 1.82) is 5.26 Å². The highest BCUT2D eigenvalue weighted by Gasteiger charge is 2.31. The molecule has 2 aromatic heterocycles. The first-order chi connectivity index (χ1) is 29.0. The Bertz CT molecular complexity index is 3240. The van der Waals surface area contributed by atoms with Gasteiger partial charge in [0.15, 0.2) is 0 Å². The number of fused-ring (bicyclic) bond motifs is 6. The second kappa shape index (κ2) is 13.9. The highest BCUT2D eigenvalue weighted by molar-refractivity contribution is 6.12. The van der Waals surface area contributed by atoms with E-state index in [0.717, 1.165) is 83.1 Å². The van der Waals surface area contributed by atoms with E-state index in [0.29, 0.717) is 28.1 Å². The van der Waals surface area contributed by atoms with Gasteiger partial charge in [0.05, 0.1) is 39.0 Å². The van der Waals surface area contributed by atoms with Crippen LogP contribution in [0.15, 0.2) is 158 Å². The van der Waals surface area contributed by atoms with Crippen LogP contribution in [0.3, 0.4) is 0 Å². The smallest absolute Gasteiger partial charge is 0.308 e. The summed E-state index contributed by atoms with van der Waals surface area (Å²) in [6.07, 6.45) is -4.54. The van der Waals surface area contributed by atoms with Crippen LogP contribution in [0, 0.1) is 39.0 Å². The van der Waals surface area contributed by atoms with E-state index >= 15 is 0 Å². The molecule has 0 aliphatic carbocycles. The van der Waals surface area contributed by atoms with E-state index in [2.05, 4.69) is 128 Å². The second-order valence-electron chi connectivity index (χ2n) is 15.9. The molecule has 0 amide bonds. The number of alkyl halides is 3. The summed E-state index contributed by atoms with van der Waals surface area (Å²) in [5, 5.41) is 15.5. The molecule has 0 fully saturated rings. The van der Waals surface area contributed by atoms with Gasteiger partial charge in [-0.1, -0.05) is 120 Å². The Balaban J connectivity index is 1.34. The van der Waals surface area contributed by atoms with Gasteiger partial charge in [0.25, 0.3) is 0 Å². The normalized spacial score (nSPS) is 11.9. The third kappa shape index (κ3) is 5.96. The van der Waals surface area contributed by atoms with Gasteiger partial charge in [-0.25, -0.2) is 0 Å². The van der Waals surface area contributed by atoms with Crippen molar-refractivity contribution in [3.63, 3.8) is 0 Å². The molecule has 3 nitrogen and oxygen atoms in total. The number of nitrogens with zero attached hydrogens (tertiary/aromatic N) is 3. The Labute approximate surface area is 345 Å². The first kappa shape index (κ1) is 36.9. The summed E-state index contributed by atoms with van der Waals surface area (Å²) in [6, 6.07) is 53.7. The van der Waals surface area contributed by atoms with Crippen molar-refractivity contribution in [2.24, 2.45) is 0 Å². The van der Waals surface area contributed by atoms with Crippen molar-refractivity contribution in [3.8, 4) is 50.8 Å². The first-order valence-corrected chi connectivity index (χ1v) is 20.0. The average Bonchev–Trinajstić information content (AvgIpc) is 3.75. The lowest BCUT2D eigenvalue weighted by molar-refractivity contribution is -0.137. The number of nitriles is 1. The fraction of sp³-hybridized carbons (Fsp3) is 0.0926. The summed E-state index contributed by atoms with van der Waals surface area (Å²) >= 11 is 0. The van der Waals surface area contributed by atoms with E-state index < -0.39 is 11.7 Å². The van der Waals surface area contributed by atoms with Gasteiger partial charge in [-0.2, -0.15) is 18.4 Å². The molecule has 0 N–H and O–H groups in total. The number of rotatable bonds is 5. The van der Waals surface area contributed by atoms with Crippen LogP contribution in [0.4, 0.5) is 13.2 Å². The van der Waals surface area contributed by atoms with Crippen molar-refractivity contribution in [1.82, 2.24) is 9.13 Å². The lowest BCUT2D eigenvalue weighted by atomic mass is 9.97. The maximum Gasteiger partial charge on any atom is 0.416 e. The first-order valence-electron chi connectivity index (χ1n) is 20.0. The molecule has 290 valence electrons. The minimum atomic E-state index is -4.54. The van der Waals surface area contributed by atoms with E-state index in [9.17, 15) is 18.4 Å². The van der Waals surface area contributed by atoms with Crippen molar-refractivity contribution in [3.05, 3.63) is 191 Å². The van der Waals surface area contributed by atoms with Gasteiger partial charge >= 0.3 is 6.18 Å². The van der Waals surface area contributed by atoms with Gasteiger partial charge < -0.3 is 9.13 Å². The molecule has 0 saturated carbocycles. The molecular formula is C54H38F3N3. The zero-order chi connectivity index (χ0) is 41.4. The number of para-hydroxylation sites is 2. The maximum atomic E-state index is 14.3. The number of aryl methyl sites for hydroxylation is 4. The third-order valence-corrected chi connectivity index (χ3v) is 11.9. The zero-order valence-electron chi connectivity index (χ0n) is 33.5. The van der Waals surface area contributed by atoms with Crippen LogP contribution in [-0.2, 0) is 6.18 Å². The molecule has 8 aromatic carbocycles.